The molecule has 4 heterocycles. The van der Waals surface area contributed by atoms with Crippen LogP contribution in [0.3, 0.4) is 0 Å². The van der Waals surface area contributed by atoms with Crippen LogP contribution in [0.4, 0.5) is 62.3 Å². The maximum absolute atomic E-state index is 14.1. The zero-order chi connectivity index (χ0) is 90.6. The Morgan fingerprint density at radius 1 is 0.447 bits per heavy atom. The summed E-state index contributed by atoms with van der Waals surface area (Å²) in [5.74, 6) is -3.17. The number of phenolic OH excluding ortho intramolecular Hbond substituents is 1. The number of aromatic nitrogens is 3. The summed E-state index contributed by atoms with van der Waals surface area (Å²) in [7, 11) is 12.8. The molecule has 0 spiro atoms. The first-order valence-electron chi connectivity index (χ1n) is 39.6. The van der Waals surface area contributed by atoms with Crippen molar-refractivity contribution in [2.45, 2.75) is 134 Å². The highest BCUT2D eigenvalue weighted by Gasteiger charge is 2.43. The molecule has 3 aliphatic carbocycles. The molecule has 1 aliphatic heterocycles. The second-order valence-corrected chi connectivity index (χ2v) is 32.9. The number of alkyl halides is 9. The lowest BCUT2D eigenvalue weighted by Gasteiger charge is -2.36. The lowest BCUT2D eigenvalue weighted by Crippen LogP contribution is -2.49. The summed E-state index contributed by atoms with van der Waals surface area (Å²) in [5, 5.41) is 9.35. The number of carbonyl (C=O) groups excluding carboxylic acids is 6. The minimum absolute atomic E-state index is 0.0520. The van der Waals surface area contributed by atoms with Crippen molar-refractivity contribution in [2.24, 2.45) is 35.5 Å². The fraction of sp³-hybridized carbons (Fsp3) is 0.541. The normalized spacial score (nSPS) is 18.0. The van der Waals surface area contributed by atoms with E-state index in [-0.39, 0.29) is 124 Å². The molecule has 3 aromatic carbocycles. The Morgan fingerprint density at radius 3 is 1.08 bits per heavy atom. The number of carbonyl (C=O) groups is 6. The fourth-order valence-corrected chi connectivity index (χ4v) is 15.9. The van der Waals surface area contributed by atoms with Crippen molar-refractivity contribution < 1.29 is 130 Å². The molecule has 4 fully saturated rings. The largest absolute Gasteiger partial charge is 0.508 e. The highest BCUT2D eigenvalue weighted by atomic mass is 127. The van der Waals surface area contributed by atoms with Crippen LogP contribution in [0.2, 0.25) is 5.15 Å². The van der Waals surface area contributed by atoms with Gasteiger partial charge in [0, 0.05) is 93.0 Å². The summed E-state index contributed by atoms with van der Waals surface area (Å²) >= 11 is 8.72. The predicted molar refractivity (Wildman–Crippen MR) is 455 cm³/mol. The molecule has 1 saturated heterocycles. The maximum atomic E-state index is 14.1. The highest BCUT2D eigenvalue weighted by Crippen LogP contribution is 2.45. The van der Waals surface area contributed by atoms with Gasteiger partial charge in [-0.15, -0.1) is 0 Å². The van der Waals surface area contributed by atoms with Crippen molar-refractivity contribution in [1.29, 1.82) is 0 Å². The van der Waals surface area contributed by atoms with Gasteiger partial charge in [-0.2, -0.15) is 39.5 Å². The number of rotatable bonds is 29. The van der Waals surface area contributed by atoms with Crippen LogP contribution >= 0.6 is 56.8 Å². The van der Waals surface area contributed by atoms with Crippen molar-refractivity contribution >= 4 is 115 Å². The summed E-state index contributed by atoms with van der Waals surface area (Å²) in [6.45, 7) is 9.18. The number of methoxy groups -OCH3 is 9. The number of anilines is 4. The lowest BCUT2D eigenvalue weighted by molar-refractivity contribution is -0.139. The Kier molecular flexibility index (Phi) is 40.3. The van der Waals surface area contributed by atoms with Gasteiger partial charge in [0.2, 0.25) is 29.5 Å². The molecule has 678 valence electrons. The average molecular weight is 1990 g/mol. The highest BCUT2D eigenvalue weighted by molar-refractivity contribution is 14.1. The molecule has 38 heteroatoms. The summed E-state index contributed by atoms with van der Waals surface area (Å²) in [4.78, 5) is 97.4. The average Bonchev–Trinajstić information content (AvgIpc) is 0.786. The number of hydrogen-bond acceptors (Lipinski definition) is 23. The molecule has 0 radical (unpaired) electrons. The molecule has 0 atom stereocenters. The number of halogens is 12. The molecule has 123 heavy (non-hydrogen) atoms. The zero-order valence-electron chi connectivity index (χ0n) is 70.4. The molecule has 3 aromatic heterocycles. The standard InChI is InChI=1S/C31H40F3N3O7.C27H32F3IN2O6.C21H31NO6.C6H2ClF3IN/c1-20-5-7-21(8-6-20)29(38)37(23(18-40-2)19-41-3)27-10-9-24(16-25(27)30(39)42-4)44-28-26(31(32,33)34)15-22(17-35-28)36-11-13-43-14-12-36;1-16-5-7-17(8-6-16)25(34)33(19(14-36-2)15-37-3)23-10-9-20(12-21(23)26(35)38-4)39-24-22(27(28,29)30)11-18(31)13-32-24;1-14-5-7-15(8-6-14)20(24)22(16(12-26-2)13-27-3)19-10-9-17(23)11-18(19)21(25)28-4;7-5-4(6(8,9)10)1-3(11)2-12-5/h9-10,15-17,20-21,23H,5-8,11-14,18-19H2,1-4H3;9-13,16-17,19H,5-8,14-15H2,1-4H3;9-11,14-16,23H,5-8,12-13H2,1-4H3;1-2H. The topological polar surface area (TPSA) is 285 Å². The monoisotopic (exact) mass is 1990 g/mol. The lowest BCUT2D eigenvalue weighted by atomic mass is 9.82. The summed E-state index contributed by atoms with van der Waals surface area (Å²) in [6.07, 6.45) is 0.00401. The Morgan fingerprint density at radius 2 is 0.756 bits per heavy atom. The molecule has 10 rings (SSSR count). The Hall–Kier alpha value is -8.03. The van der Waals surface area contributed by atoms with E-state index in [1.165, 1.54) is 127 Å². The van der Waals surface area contributed by atoms with E-state index in [0.717, 1.165) is 69.6 Å². The number of benzene rings is 3. The predicted octanol–water partition coefficient (Wildman–Crippen LogP) is 17.8. The van der Waals surface area contributed by atoms with E-state index in [0.29, 0.717) is 84.7 Å². The first-order valence-corrected chi connectivity index (χ1v) is 42.1. The van der Waals surface area contributed by atoms with Crippen LogP contribution in [-0.2, 0) is 80.3 Å². The van der Waals surface area contributed by atoms with Crippen LogP contribution in [0.1, 0.15) is 146 Å². The van der Waals surface area contributed by atoms with Crippen LogP contribution in [-0.4, -0.2) is 204 Å². The molecule has 0 bridgehead atoms. The molecular formula is C85H105ClF9I2N7O19. The third-order valence-electron chi connectivity index (χ3n) is 21.1. The number of nitrogens with zero attached hydrogens (tertiary/aromatic N) is 7. The molecule has 3 amide bonds. The molecule has 1 N–H and O–H groups in total. The number of hydrogen-bond donors (Lipinski definition) is 1. The summed E-state index contributed by atoms with van der Waals surface area (Å²) in [6, 6.07) is 13.9. The van der Waals surface area contributed by atoms with Crippen LogP contribution in [0, 0.1) is 42.6 Å². The number of ether oxygens (including phenoxy) is 12. The van der Waals surface area contributed by atoms with Crippen molar-refractivity contribution in [3.63, 3.8) is 0 Å². The van der Waals surface area contributed by atoms with Crippen LogP contribution in [0.5, 0.6) is 29.0 Å². The SMILES string of the molecule is COCC(COC)N(C(=O)C1CCC(C)CC1)c1ccc(O)cc1C(=O)OC.COCC(COC)N(C(=O)C1CCC(C)CC1)c1ccc(Oc2ncc(I)cc2C(F)(F)F)cc1C(=O)OC.COCC(COC)N(C(=O)C1CCC(C)CC1)c1ccc(Oc2ncc(N3CCOCC3)cc2C(F)(F)F)cc1C(=O)OC.FC(F)(F)c1cc(I)cnc1Cl. The van der Waals surface area contributed by atoms with Gasteiger partial charge in [-0.1, -0.05) is 32.4 Å². The number of aromatic hydroxyl groups is 1. The van der Waals surface area contributed by atoms with E-state index >= 15 is 0 Å². The Bertz CT molecular complexity index is 4440. The third kappa shape index (κ3) is 29.0. The number of pyridine rings is 3. The fourth-order valence-electron chi connectivity index (χ4n) is 14.8. The summed E-state index contributed by atoms with van der Waals surface area (Å²) < 4.78 is 184. The van der Waals surface area contributed by atoms with E-state index in [1.807, 2.05) is 0 Å². The van der Waals surface area contributed by atoms with E-state index in [2.05, 4.69) is 35.7 Å². The second kappa shape index (κ2) is 48.6. The van der Waals surface area contributed by atoms with Gasteiger partial charge in [0.1, 0.15) is 33.5 Å². The maximum Gasteiger partial charge on any atom is 0.421 e. The van der Waals surface area contributed by atoms with Crippen molar-refractivity contribution in [3.05, 3.63) is 137 Å². The van der Waals surface area contributed by atoms with Gasteiger partial charge in [-0.25, -0.2) is 29.3 Å². The first-order chi connectivity index (χ1) is 58.4. The molecule has 3 saturated carbocycles. The van der Waals surface area contributed by atoms with Crippen molar-refractivity contribution in [1.82, 2.24) is 15.0 Å². The first kappa shape index (κ1) is 102. The van der Waals surface area contributed by atoms with Crippen molar-refractivity contribution in [3.8, 4) is 29.0 Å². The van der Waals surface area contributed by atoms with Gasteiger partial charge in [0.05, 0.1) is 144 Å². The van der Waals surface area contributed by atoms with Gasteiger partial charge in [-0.3, -0.25) is 14.4 Å². The molecular weight excluding hydrogens is 1880 g/mol. The molecule has 6 aromatic rings. The van der Waals surface area contributed by atoms with E-state index in [4.69, 9.17) is 68.4 Å². The van der Waals surface area contributed by atoms with Crippen LogP contribution in [0.15, 0.2) is 91.4 Å². The van der Waals surface area contributed by atoms with Gasteiger partial charge in [-0.05, 0) is 213 Å². The molecule has 0 unspecified atom stereocenters. The van der Waals surface area contributed by atoms with Gasteiger partial charge in [0.25, 0.3) is 0 Å². The number of phenols is 1. The minimum atomic E-state index is -4.76. The molecule has 4 aliphatic rings. The Balaban J connectivity index is 0.000000241. The summed E-state index contributed by atoms with van der Waals surface area (Å²) in [5.41, 5.74) is -1.84. The van der Waals surface area contributed by atoms with Crippen LogP contribution in [0.25, 0.3) is 0 Å². The zero-order valence-corrected chi connectivity index (χ0v) is 75.4. The minimum Gasteiger partial charge on any atom is -0.508 e. The number of morpholine rings is 1. The van der Waals surface area contributed by atoms with E-state index < -0.39 is 88.2 Å². The van der Waals surface area contributed by atoms with E-state index in [9.17, 15) is 73.4 Å². The van der Waals surface area contributed by atoms with Gasteiger partial charge in [0.15, 0.2) is 0 Å². The number of esters is 3. The Labute approximate surface area is 741 Å². The van der Waals surface area contributed by atoms with Crippen LogP contribution < -0.4 is 29.1 Å². The van der Waals surface area contributed by atoms with Crippen molar-refractivity contribution in [2.75, 3.05) is 150 Å². The smallest absolute Gasteiger partial charge is 0.421 e. The number of amides is 3. The van der Waals surface area contributed by atoms with Gasteiger partial charge >= 0.3 is 36.4 Å². The quantitative estimate of drug-likeness (QED) is 0.0150. The third-order valence-corrected chi connectivity index (χ3v) is 22.6. The molecule has 26 nitrogen and oxygen atoms in total. The second-order valence-electron chi connectivity index (χ2n) is 30.1. The van der Waals surface area contributed by atoms with E-state index in [1.54, 1.807) is 75.3 Å². The van der Waals surface area contributed by atoms with Gasteiger partial charge < -0.3 is 81.5 Å².